The van der Waals surface area contributed by atoms with Gasteiger partial charge in [-0.25, -0.2) is 4.98 Å². The van der Waals surface area contributed by atoms with Crippen molar-refractivity contribution >= 4 is 23.8 Å². The van der Waals surface area contributed by atoms with Gasteiger partial charge >= 0.3 is 0 Å². The first-order valence-corrected chi connectivity index (χ1v) is 12.0. The van der Waals surface area contributed by atoms with Gasteiger partial charge in [-0.15, -0.1) is 0 Å². The van der Waals surface area contributed by atoms with Gasteiger partial charge in [-0.3, -0.25) is 9.59 Å². The molecule has 3 aromatic rings. The molecular formula is C29H30N2O7. The Bertz CT molecular complexity index is 1330. The molecule has 1 aliphatic carbocycles. The number of ether oxygens (including phenoxy) is 4. The van der Waals surface area contributed by atoms with Gasteiger partial charge in [0.25, 0.3) is 5.91 Å². The maximum Gasteiger partial charge on any atom is 0.273 e. The number of amides is 1. The van der Waals surface area contributed by atoms with Gasteiger partial charge in [0, 0.05) is 24.1 Å². The van der Waals surface area contributed by atoms with Crippen LogP contribution in [0.1, 0.15) is 40.3 Å². The molecule has 0 atom stereocenters. The molecule has 2 aromatic carbocycles. The average molecular weight is 519 g/mol. The van der Waals surface area contributed by atoms with Gasteiger partial charge in [-0.05, 0) is 60.4 Å². The molecular weight excluding hydrogens is 488 g/mol. The lowest BCUT2D eigenvalue weighted by Crippen LogP contribution is -2.39. The van der Waals surface area contributed by atoms with Gasteiger partial charge in [0.15, 0.2) is 40.4 Å². The summed E-state index contributed by atoms with van der Waals surface area (Å²) in [6, 6.07) is 10.5. The van der Waals surface area contributed by atoms with Gasteiger partial charge in [-0.2, -0.15) is 0 Å². The molecule has 0 radical (unpaired) electrons. The predicted molar refractivity (Wildman–Crippen MR) is 142 cm³/mol. The van der Waals surface area contributed by atoms with Crippen LogP contribution in [0.3, 0.4) is 0 Å². The molecule has 1 fully saturated rings. The van der Waals surface area contributed by atoms with Crippen molar-refractivity contribution in [2.24, 2.45) is 0 Å². The summed E-state index contributed by atoms with van der Waals surface area (Å²) in [7, 11) is 6.24. The summed E-state index contributed by atoms with van der Waals surface area (Å²) in [4.78, 5) is 30.5. The molecule has 9 heteroatoms. The molecule has 1 heterocycles. The molecule has 38 heavy (non-hydrogen) atoms. The highest BCUT2D eigenvalue weighted by atomic mass is 16.5. The Kier molecular flexibility index (Phi) is 8.15. The van der Waals surface area contributed by atoms with Crippen LogP contribution < -0.4 is 24.3 Å². The number of carbonyl (C=O) groups excluding carboxylic acids is 2. The summed E-state index contributed by atoms with van der Waals surface area (Å²) in [5.74, 6) is 2.22. The molecule has 1 N–H and O–H groups in total. The fourth-order valence-corrected chi connectivity index (χ4v) is 4.36. The molecule has 1 aliphatic rings. The number of nitrogens with one attached hydrogen (secondary N) is 1. The van der Waals surface area contributed by atoms with Gasteiger partial charge in [0.05, 0.1) is 28.4 Å². The Labute approximate surface area is 221 Å². The van der Waals surface area contributed by atoms with Crippen molar-refractivity contribution in [3.05, 3.63) is 76.5 Å². The van der Waals surface area contributed by atoms with Crippen molar-refractivity contribution < 1.29 is 33.0 Å². The van der Waals surface area contributed by atoms with Crippen LogP contribution in [-0.2, 0) is 4.79 Å². The van der Waals surface area contributed by atoms with E-state index in [1.807, 2.05) is 24.3 Å². The number of oxazole rings is 1. The van der Waals surface area contributed by atoms with E-state index in [4.69, 9.17) is 23.4 Å². The number of aryl methyl sites for hydroxylation is 1. The van der Waals surface area contributed by atoms with Crippen LogP contribution in [0.5, 0.6) is 23.0 Å². The lowest BCUT2D eigenvalue weighted by atomic mass is 9.83. The highest BCUT2D eigenvalue weighted by Gasteiger charge is 2.30. The Morgan fingerprint density at radius 1 is 0.868 bits per heavy atom. The van der Waals surface area contributed by atoms with E-state index in [0.29, 0.717) is 52.9 Å². The molecule has 9 nitrogen and oxygen atoms in total. The lowest BCUT2D eigenvalue weighted by molar-refractivity contribution is -0.113. The van der Waals surface area contributed by atoms with E-state index in [1.54, 1.807) is 59.6 Å². The van der Waals surface area contributed by atoms with Crippen molar-refractivity contribution in [1.29, 1.82) is 0 Å². The zero-order chi connectivity index (χ0) is 27.2. The molecule has 4 rings (SSSR count). The second kappa shape index (κ2) is 11.7. The first-order valence-electron chi connectivity index (χ1n) is 12.0. The molecule has 0 aliphatic heterocycles. The molecule has 1 saturated carbocycles. The van der Waals surface area contributed by atoms with E-state index in [9.17, 15) is 9.59 Å². The molecule has 198 valence electrons. The van der Waals surface area contributed by atoms with E-state index in [0.717, 1.165) is 11.1 Å². The van der Waals surface area contributed by atoms with Crippen LogP contribution in [0.4, 0.5) is 0 Å². The van der Waals surface area contributed by atoms with Crippen molar-refractivity contribution in [2.75, 3.05) is 28.4 Å². The van der Waals surface area contributed by atoms with Gasteiger partial charge in [0.2, 0.25) is 0 Å². The predicted octanol–water partition coefficient (Wildman–Crippen LogP) is 4.65. The van der Waals surface area contributed by atoms with Gasteiger partial charge < -0.3 is 28.7 Å². The summed E-state index contributed by atoms with van der Waals surface area (Å²) < 4.78 is 26.7. The topological polar surface area (TPSA) is 109 Å². The molecule has 0 saturated heterocycles. The number of ketones is 1. The summed E-state index contributed by atoms with van der Waals surface area (Å²) >= 11 is 0. The Balaban J connectivity index is 1.70. The number of aromatic nitrogens is 1. The summed E-state index contributed by atoms with van der Waals surface area (Å²) in [6.45, 7) is 1.67. The molecule has 1 aromatic heterocycles. The van der Waals surface area contributed by atoms with Crippen LogP contribution in [0.25, 0.3) is 12.2 Å². The van der Waals surface area contributed by atoms with Gasteiger partial charge in [0.1, 0.15) is 6.26 Å². The minimum Gasteiger partial charge on any atom is -0.493 e. The number of methoxy groups -OCH3 is 4. The SMILES string of the molecule is COc1ccc(/C=C2\CC(NC(=O)c3coc(C)n3)C/C(=C\c3ccc(OC)c(OC)c3)C2=O)cc1OC. The van der Waals surface area contributed by atoms with Crippen molar-refractivity contribution in [3.8, 4) is 23.0 Å². The Hall–Kier alpha value is -4.53. The first-order chi connectivity index (χ1) is 18.3. The molecule has 0 unspecified atom stereocenters. The maximum absolute atomic E-state index is 13.6. The third-order valence-corrected chi connectivity index (χ3v) is 6.20. The number of Topliss-reactive ketones (excluding diaryl/α,β-unsaturated/α-hetero) is 1. The van der Waals surface area contributed by atoms with Crippen LogP contribution >= 0.6 is 0 Å². The van der Waals surface area contributed by atoms with Crippen LogP contribution in [0.15, 0.2) is 58.2 Å². The van der Waals surface area contributed by atoms with Gasteiger partial charge in [-0.1, -0.05) is 12.1 Å². The average Bonchev–Trinajstić information content (AvgIpc) is 3.37. The number of rotatable bonds is 8. The molecule has 1 amide bonds. The largest absolute Gasteiger partial charge is 0.493 e. The van der Waals surface area contributed by atoms with Crippen molar-refractivity contribution in [3.63, 3.8) is 0 Å². The second-order valence-corrected chi connectivity index (χ2v) is 8.73. The van der Waals surface area contributed by atoms with E-state index in [2.05, 4.69) is 10.3 Å². The number of benzene rings is 2. The Morgan fingerprint density at radius 2 is 1.37 bits per heavy atom. The standard InChI is InChI=1S/C29H30N2O7/c1-17-30-23(16-38-17)29(33)31-22-14-20(10-18-6-8-24(34-2)26(12-18)36-4)28(32)21(15-22)11-19-7-9-25(35-3)27(13-19)37-5/h6-13,16,22H,14-15H2,1-5H3,(H,31,33)/b20-10+,21-11+. The molecule has 0 spiro atoms. The Morgan fingerprint density at radius 3 is 1.79 bits per heavy atom. The van der Waals surface area contributed by atoms with Crippen molar-refractivity contribution in [1.82, 2.24) is 10.3 Å². The zero-order valence-electron chi connectivity index (χ0n) is 22.0. The fraction of sp³-hybridized carbons (Fsp3) is 0.276. The molecule has 0 bridgehead atoms. The zero-order valence-corrected chi connectivity index (χ0v) is 22.0. The van der Waals surface area contributed by atoms with Crippen molar-refractivity contribution in [2.45, 2.75) is 25.8 Å². The first kappa shape index (κ1) is 26.5. The van der Waals surface area contributed by atoms with Crippen LogP contribution in [-0.4, -0.2) is 51.2 Å². The summed E-state index contributed by atoms with van der Waals surface area (Å²) in [6.07, 6.45) is 5.63. The minimum atomic E-state index is -0.364. The number of hydrogen-bond acceptors (Lipinski definition) is 8. The quantitative estimate of drug-likeness (QED) is 0.430. The third-order valence-electron chi connectivity index (χ3n) is 6.20. The lowest BCUT2D eigenvalue weighted by Gasteiger charge is -2.26. The highest BCUT2D eigenvalue weighted by molar-refractivity contribution is 6.14. The second-order valence-electron chi connectivity index (χ2n) is 8.73. The van der Waals surface area contributed by atoms with Crippen LogP contribution in [0, 0.1) is 6.92 Å². The maximum atomic E-state index is 13.6. The monoisotopic (exact) mass is 518 g/mol. The number of nitrogens with zero attached hydrogens (tertiary/aromatic N) is 1. The van der Waals surface area contributed by atoms with E-state index < -0.39 is 0 Å². The fourth-order valence-electron chi connectivity index (χ4n) is 4.36. The normalized spacial score (nSPS) is 17.4. The minimum absolute atomic E-state index is 0.0997. The summed E-state index contributed by atoms with van der Waals surface area (Å²) in [5.41, 5.74) is 2.84. The van der Waals surface area contributed by atoms with E-state index in [-0.39, 0.29) is 23.4 Å². The van der Waals surface area contributed by atoms with Crippen LogP contribution in [0.2, 0.25) is 0 Å². The van der Waals surface area contributed by atoms with E-state index >= 15 is 0 Å². The number of carbonyl (C=O) groups is 2. The highest BCUT2D eigenvalue weighted by Crippen LogP contribution is 2.33. The third kappa shape index (κ3) is 5.88. The smallest absolute Gasteiger partial charge is 0.273 e. The summed E-state index contributed by atoms with van der Waals surface area (Å²) in [5, 5.41) is 3.00. The van der Waals surface area contributed by atoms with E-state index in [1.165, 1.54) is 6.26 Å². The number of hydrogen-bond donors (Lipinski definition) is 1.